The zero-order valence-electron chi connectivity index (χ0n) is 7.96. The third kappa shape index (κ3) is 3.55. The summed E-state index contributed by atoms with van der Waals surface area (Å²) in [7, 11) is 0. The van der Waals surface area contributed by atoms with Gasteiger partial charge in [-0.05, 0) is 37.5 Å². The average Bonchev–Trinajstić information content (AvgIpc) is 2.00. The molecule has 0 saturated heterocycles. The van der Waals surface area contributed by atoms with Gasteiger partial charge in [0, 0.05) is 6.61 Å². The van der Waals surface area contributed by atoms with Crippen LogP contribution in [0, 0.1) is 11.8 Å². The maximum atomic E-state index is 8.44. The van der Waals surface area contributed by atoms with Gasteiger partial charge >= 0.3 is 0 Å². The minimum atomic E-state index is 0.153. The third-order valence-corrected chi connectivity index (χ3v) is 2.61. The average molecular weight is 172 g/mol. The Balaban J connectivity index is 1.77. The molecule has 0 amide bonds. The summed E-state index contributed by atoms with van der Waals surface area (Å²) >= 11 is 0. The zero-order valence-corrected chi connectivity index (χ0v) is 7.96. The van der Waals surface area contributed by atoms with Crippen molar-refractivity contribution < 1.29 is 9.84 Å². The van der Waals surface area contributed by atoms with E-state index in [1.165, 1.54) is 19.3 Å². The Bertz CT molecular complexity index is 108. The molecule has 0 unspecified atom stereocenters. The number of aliphatic hydroxyl groups is 1. The molecule has 1 N–H and O–H groups in total. The van der Waals surface area contributed by atoms with Gasteiger partial charge in [0.05, 0.1) is 13.2 Å². The van der Waals surface area contributed by atoms with E-state index in [9.17, 15) is 0 Å². The van der Waals surface area contributed by atoms with E-state index in [1.807, 2.05) is 0 Å². The summed E-state index contributed by atoms with van der Waals surface area (Å²) < 4.78 is 5.18. The lowest BCUT2D eigenvalue weighted by atomic mass is 9.74. The summed E-state index contributed by atoms with van der Waals surface area (Å²) in [5.41, 5.74) is 0. The molecule has 0 aromatic rings. The topological polar surface area (TPSA) is 29.5 Å². The fourth-order valence-electron chi connectivity index (χ4n) is 1.95. The molecule has 0 atom stereocenters. The molecule has 2 nitrogen and oxygen atoms in total. The number of rotatable bonds is 6. The first-order chi connectivity index (χ1) is 5.83. The highest BCUT2D eigenvalue weighted by Crippen LogP contribution is 2.35. The Kier molecular flexibility index (Phi) is 4.62. The quantitative estimate of drug-likeness (QED) is 0.619. The van der Waals surface area contributed by atoms with Crippen LogP contribution in [0.15, 0.2) is 0 Å². The largest absolute Gasteiger partial charge is 0.394 e. The van der Waals surface area contributed by atoms with E-state index in [1.54, 1.807) is 0 Å². The van der Waals surface area contributed by atoms with Gasteiger partial charge in [-0.25, -0.2) is 0 Å². The third-order valence-electron chi connectivity index (χ3n) is 2.61. The molecule has 72 valence electrons. The fraction of sp³-hybridized carbons (Fsp3) is 1.00. The minimum Gasteiger partial charge on any atom is -0.394 e. The summed E-state index contributed by atoms with van der Waals surface area (Å²) in [6, 6.07) is 0. The summed E-state index contributed by atoms with van der Waals surface area (Å²) in [6.45, 7) is 3.80. The van der Waals surface area contributed by atoms with Crippen LogP contribution in [0.25, 0.3) is 0 Å². The normalized spacial score (nSPS) is 28.5. The first-order valence-electron chi connectivity index (χ1n) is 5.01. The van der Waals surface area contributed by atoms with Crippen LogP contribution in [-0.4, -0.2) is 24.9 Å². The van der Waals surface area contributed by atoms with E-state index in [0.29, 0.717) is 6.61 Å². The standard InChI is InChI=1S/C10H20O2/c1-9-7-10(8-9)3-2-5-12-6-4-11/h9-11H,2-8H2,1H3. The highest BCUT2D eigenvalue weighted by Gasteiger charge is 2.24. The van der Waals surface area contributed by atoms with E-state index in [0.717, 1.165) is 24.9 Å². The molecular weight excluding hydrogens is 152 g/mol. The van der Waals surface area contributed by atoms with Crippen molar-refractivity contribution in [2.75, 3.05) is 19.8 Å². The molecule has 1 aliphatic rings. The van der Waals surface area contributed by atoms with Crippen LogP contribution in [-0.2, 0) is 4.74 Å². The predicted octanol–water partition coefficient (Wildman–Crippen LogP) is 1.82. The summed E-state index contributed by atoms with van der Waals surface area (Å²) in [6.07, 6.45) is 5.31. The lowest BCUT2D eigenvalue weighted by Crippen LogP contribution is -2.21. The Morgan fingerprint density at radius 3 is 2.67 bits per heavy atom. The fourth-order valence-corrected chi connectivity index (χ4v) is 1.95. The van der Waals surface area contributed by atoms with Crippen LogP contribution in [0.4, 0.5) is 0 Å². The lowest BCUT2D eigenvalue weighted by molar-refractivity contribution is 0.0817. The number of hydrogen-bond acceptors (Lipinski definition) is 2. The molecule has 0 aromatic carbocycles. The predicted molar refractivity (Wildman–Crippen MR) is 49.0 cm³/mol. The maximum Gasteiger partial charge on any atom is 0.0697 e. The molecule has 0 bridgehead atoms. The van der Waals surface area contributed by atoms with Crippen molar-refractivity contribution in [3.05, 3.63) is 0 Å². The number of aliphatic hydroxyl groups excluding tert-OH is 1. The Labute approximate surface area is 74.9 Å². The SMILES string of the molecule is CC1CC(CCCOCCO)C1. The van der Waals surface area contributed by atoms with Crippen molar-refractivity contribution in [1.29, 1.82) is 0 Å². The van der Waals surface area contributed by atoms with Crippen LogP contribution in [0.2, 0.25) is 0 Å². The van der Waals surface area contributed by atoms with Crippen molar-refractivity contribution in [2.45, 2.75) is 32.6 Å². The van der Waals surface area contributed by atoms with Gasteiger partial charge in [0.15, 0.2) is 0 Å². The van der Waals surface area contributed by atoms with Crippen molar-refractivity contribution in [2.24, 2.45) is 11.8 Å². The van der Waals surface area contributed by atoms with Crippen molar-refractivity contribution in [3.63, 3.8) is 0 Å². The second kappa shape index (κ2) is 5.55. The van der Waals surface area contributed by atoms with Crippen molar-refractivity contribution in [3.8, 4) is 0 Å². The Morgan fingerprint density at radius 2 is 2.08 bits per heavy atom. The molecular formula is C10H20O2. The Hall–Kier alpha value is -0.0800. The molecule has 1 fully saturated rings. The molecule has 1 aliphatic carbocycles. The maximum absolute atomic E-state index is 8.44. The van der Waals surface area contributed by atoms with Gasteiger partial charge in [-0.15, -0.1) is 0 Å². The van der Waals surface area contributed by atoms with Crippen LogP contribution >= 0.6 is 0 Å². The van der Waals surface area contributed by atoms with E-state index in [2.05, 4.69) is 6.92 Å². The molecule has 2 heteroatoms. The van der Waals surface area contributed by atoms with Crippen LogP contribution in [0.3, 0.4) is 0 Å². The highest BCUT2D eigenvalue weighted by molar-refractivity contribution is 4.75. The van der Waals surface area contributed by atoms with Gasteiger partial charge in [-0.2, -0.15) is 0 Å². The molecule has 12 heavy (non-hydrogen) atoms. The first kappa shape index (κ1) is 10.0. The molecule has 1 saturated carbocycles. The summed E-state index contributed by atoms with van der Waals surface area (Å²) in [5, 5.41) is 8.44. The minimum absolute atomic E-state index is 0.153. The summed E-state index contributed by atoms with van der Waals surface area (Å²) in [5.74, 6) is 1.94. The van der Waals surface area contributed by atoms with Gasteiger partial charge in [0.1, 0.15) is 0 Å². The lowest BCUT2D eigenvalue weighted by Gasteiger charge is -2.32. The van der Waals surface area contributed by atoms with Gasteiger partial charge in [-0.3, -0.25) is 0 Å². The van der Waals surface area contributed by atoms with Gasteiger partial charge in [0.25, 0.3) is 0 Å². The first-order valence-corrected chi connectivity index (χ1v) is 5.01. The number of hydrogen-bond donors (Lipinski definition) is 1. The second-order valence-electron chi connectivity index (χ2n) is 3.92. The monoisotopic (exact) mass is 172 g/mol. The molecule has 0 aliphatic heterocycles. The van der Waals surface area contributed by atoms with Gasteiger partial charge in [0.2, 0.25) is 0 Å². The highest BCUT2D eigenvalue weighted by atomic mass is 16.5. The van der Waals surface area contributed by atoms with E-state index in [4.69, 9.17) is 9.84 Å². The van der Waals surface area contributed by atoms with E-state index < -0.39 is 0 Å². The molecule has 0 radical (unpaired) electrons. The second-order valence-corrected chi connectivity index (χ2v) is 3.92. The van der Waals surface area contributed by atoms with Crippen LogP contribution < -0.4 is 0 Å². The van der Waals surface area contributed by atoms with Crippen LogP contribution in [0.5, 0.6) is 0 Å². The van der Waals surface area contributed by atoms with Crippen molar-refractivity contribution in [1.82, 2.24) is 0 Å². The zero-order chi connectivity index (χ0) is 8.81. The van der Waals surface area contributed by atoms with Gasteiger partial charge < -0.3 is 9.84 Å². The van der Waals surface area contributed by atoms with Gasteiger partial charge in [-0.1, -0.05) is 6.92 Å². The molecule has 0 heterocycles. The van der Waals surface area contributed by atoms with E-state index >= 15 is 0 Å². The Morgan fingerprint density at radius 1 is 1.33 bits per heavy atom. The van der Waals surface area contributed by atoms with Crippen molar-refractivity contribution >= 4 is 0 Å². The molecule has 0 aromatic heterocycles. The summed E-state index contributed by atoms with van der Waals surface area (Å²) in [4.78, 5) is 0. The molecule has 0 spiro atoms. The smallest absolute Gasteiger partial charge is 0.0697 e. The van der Waals surface area contributed by atoms with Crippen LogP contribution in [0.1, 0.15) is 32.6 Å². The number of ether oxygens (including phenoxy) is 1. The molecule has 1 rings (SSSR count). The van der Waals surface area contributed by atoms with E-state index in [-0.39, 0.29) is 6.61 Å².